The molecular weight excluding hydrogens is 176 g/mol. The maximum Gasteiger partial charge on any atom is 0.200 e. The first-order valence-electron chi connectivity index (χ1n) is 4.36. The number of pyridine rings is 1. The molecule has 0 N–H and O–H groups in total. The molecule has 0 saturated heterocycles. The highest BCUT2D eigenvalue weighted by Gasteiger charge is 1.96. The summed E-state index contributed by atoms with van der Waals surface area (Å²) in [5.74, 6) is 0. The van der Waals surface area contributed by atoms with Crippen molar-refractivity contribution in [2.75, 3.05) is 7.05 Å². The van der Waals surface area contributed by atoms with Crippen molar-refractivity contribution in [1.82, 2.24) is 4.98 Å². The molecule has 0 amide bonds. The second-order valence-corrected chi connectivity index (χ2v) is 3.10. The summed E-state index contributed by atoms with van der Waals surface area (Å²) in [6.45, 7) is 0. The molecule has 0 aliphatic heterocycles. The van der Waals surface area contributed by atoms with Crippen LogP contribution in [0.4, 0.5) is 0 Å². The van der Waals surface area contributed by atoms with Gasteiger partial charge in [0.1, 0.15) is 12.7 Å². The highest BCUT2D eigenvalue weighted by atomic mass is 16.5. The Kier molecular flexibility index (Phi) is 2.14. The summed E-state index contributed by atoms with van der Waals surface area (Å²) < 4.78 is 0.747. The average Bonchev–Trinajstić information content (AvgIpc) is 2.17. The third kappa shape index (κ3) is 1.71. The molecule has 3 nitrogen and oxygen atoms in total. The van der Waals surface area contributed by atoms with E-state index < -0.39 is 0 Å². The van der Waals surface area contributed by atoms with Crippen molar-refractivity contribution < 1.29 is 4.74 Å². The second kappa shape index (κ2) is 3.46. The number of hydroxylamine groups is 1. The van der Waals surface area contributed by atoms with E-state index in [1.807, 2.05) is 36.4 Å². The number of hydrogen-bond donors (Lipinski definition) is 0. The van der Waals surface area contributed by atoms with Crippen LogP contribution in [0.2, 0.25) is 0 Å². The largest absolute Gasteiger partial charge is 0.624 e. The van der Waals surface area contributed by atoms with E-state index in [0.29, 0.717) is 5.69 Å². The Hall–Kier alpha value is -1.90. The Labute approximate surface area is 81.9 Å². The van der Waals surface area contributed by atoms with Gasteiger partial charge in [0.25, 0.3) is 0 Å². The monoisotopic (exact) mass is 186 g/mol. The van der Waals surface area contributed by atoms with Crippen molar-refractivity contribution in [2.24, 2.45) is 0 Å². The minimum absolute atomic E-state index is 0.682. The first-order chi connectivity index (χ1) is 6.75. The lowest BCUT2D eigenvalue weighted by Crippen LogP contribution is -1.99. The third-order valence-electron chi connectivity index (χ3n) is 1.93. The quantitative estimate of drug-likeness (QED) is 0.295. The molecule has 3 heteroatoms. The lowest BCUT2D eigenvalue weighted by Gasteiger charge is -1.98. The molecule has 0 aliphatic rings. The van der Waals surface area contributed by atoms with E-state index in [1.54, 1.807) is 0 Å². The van der Waals surface area contributed by atoms with Gasteiger partial charge in [0.2, 0.25) is 0 Å². The zero-order valence-electron chi connectivity index (χ0n) is 7.84. The number of rotatable bonds is 1. The molecule has 0 radical (unpaired) electrons. The molecule has 0 bridgehead atoms. The number of benzene rings is 1. The van der Waals surface area contributed by atoms with Crippen molar-refractivity contribution in [3.8, 4) is 0 Å². The Morgan fingerprint density at radius 1 is 1.21 bits per heavy atom. The number of aromatic nitrogens is 1. The van der Waals surface area contributed by atoms with Gasteiger partial charge in [-0.3, -0.25) is 0 Å². The summed E-state index contributed by atoms with van der Waals surface area (Å²) in [4.78, 5) is 4.32. The lowest BCUT2D eigenvalue weighted by molar-refractivity contribution is -0.416. The van der Waals surface area contributed by atoms with Gasteiger partial charge >= 0.3 is 0 Å². The van der Waals surface area contributed by atoms with Gasteiger partial charge in [-0.1, -0.05) is 24.3 Å². The standard InChI is InChI=1S/C11H10N2O/c1-13(14)8-10-7-6-9-4-2-3-5-11(9)12-10/h2-8H,1H3/b13-8-. The van der Waals surface area contributed by atoms with Crippen LogP contribution in [0.15, 0.2) is 36.4 Å². The van der Waals surface area contributed by atoms with E-state index >= 15 is 0 Å². The Morgan fingerprint density at radius 2 is 2.00 bits per heavy atom. The highest BCUT2D eigenvalue weighted by Crippen LogP contribution is 2.10. The van der Waals surface area contributed by atoms with Gasteiger partial charge in [-0.05, 0) is 12.1 Å². The maximum atomic E-state index is 10.8. The van der Waals surface area contributed by atoms with Crippen molar-refractivity contribution in [3.63, 3.8) is 0 Å². The van der Waals surface area contributed by atoms with Gasteiger partial charge < -0.3 is 5.21 Å². The SMILES string of the molecule is C/[N+]([O-])=C/c1ccc2ccccc2n1. The molecule has 2 rings (SSSR count). The summed E-state index contributed by atoms with van der Waals surface area (Å²) >= 11 is 0. The maximum absolute atomic E-state index is 10.8. The predicted molar refractivity (Wildman–Crippen MR) is 56.5 cm³/mol. The van der Waals surface area contributed by atoms with Crippen LogP contribution in [-0.4, -0.2) is 23.0 Å². The van der Waals surface area contributed by atoms with Crippen molar-refractivity contribution in [3.05, 3.63) is 47.3 Å². The molecule has 0 aliphatic carbocycles. The van der Waals surface area contributed by atoms with Crippen LogP contribution in [0.1, 0.15) is 5.69 Å². The fraction of sp³-hybridized carbons (Fsp3) is 0.0909. The fourth-order valence-electron chi connectivity index (χ4n) is 1.34. The minimum atomic E-state index is 0.682. The van der Waals surface area contributed by atoms with Crippen LogP contribution < -0.4 is 0 Å². The zero-order chi connectivity index (χ0) is 9.97. The van der Waals surface area contributed by atoms with Gasteiger partial charge in [-0.2, -0.15) is 0 Å². The number of para-hydroxylation sites is 1. The van der Waals surface area contributed by atoms with Gasteiger partial charge in [0, 0.05) is 5.39 Å². The van der Waals surface area contributed by atoms with Crippen LogP contribution in [-0.2, 0) is 0 Å². The van der Waals surface area contributed by atoms with E-state index in [1.165, 1.54) is 13.3 Å². The van der Waals surface area contributed by atoms with E-state index in [9.17, 15) is 5.21 Å². The molecular formula is C11H10N2O. The first kappa shape index (κ1) is 8.69. The molecule has 0 atom stereocenters. The summed E-state index contributed by atoms with van der Waals surface area (Å²) in [6.07, 6.45) is 1.45. The Bertz CT molecular complexity index is 487. The van der Waals surface area contributed by atoms with Crippen molar-refractivity contribution in [1.29, 1.82) is 0 Å². The molecule has 14 heavy (non-hydrogen) atoms. The summed E-state index contributed by atoms with van der Waals surface area (Å²) in [5.41, 5.74) is 1.59. The van der Waals surface area contributed by atoms with Gasteiger partial charge in [-0.25, -0.2) is 9.72 Å². The van der Waals surface area contributed by atoms with Crippen LogP contribution in [0.5, 0.6) is 0 Å². The highest BCUT2D eigenvalue weighted by molar-refractivity contribution is 5.83. The Balaban J connectivity index is 2.57. The molecule has 1 aromatic carbocycles. The molecule has 0 spiro atoms. The van der Waals surface area contributed by atoms with E-state index in [2.05, 4.69) is 4.98 Å². The van der Waals surface area contributed by atoms with Crippen LogP contribution in [0.3, 0.4) is 0 Å². The van der Waals surface area contributed by atoms with E-state index in [0.717, 1.165) is 15.6 Å². The summed E-state index contributed by atoms with van der Waals surface area (Å²) in [7, 11) is 1.44. The van der Waals surface area contributed by atoms with Crippen LogP contribution in [0, 0.1) is 5.21 Å². The van der Waals surface area contributed by atoms with E-state index in [4.69, 9.17) is 0 Å². The predicted octanol–water partition coefficient (Wildman–Crippen LogP) is 1.79. The van der Waals surface area contributed by atoms with E-state index in [-0.39, 0.29) is 0 Å². The molecule has 0 fully saturated rings. The lowest BCUT2D eigenvalue weighted by atomic mass is 10.2. The molecule has 0 saturated carbocycles. The van der Waals surface area contributed by atoms with Crippen molar-refractivity contribution in [2.45, 2.75) is 0 Å². The Morgan fingerprint density at radius 3 is 2.79 bits per heavy atom. The normalized spacial score (nSPS) is 11.9. The number of hydrogen-bond acceptors (Lipinski definition) is 2. The van der Waals surface area contributed by atoms with Crippen LogP contribution >= 0.6 is 0 Å². The smallest absolute Gasteiger partial charge is 0.200 e. The molecule has 2 aromatic rings. The number of nitrogens with zero attached hydrogens (tertiary/aromatic N) is 2. The average molecular weight is 186 g/mol. The molecule has 1 heterocycles. The van der Waals surface area contributed by atoms with Gasteiger partial charge in [0.15, 0.2) is 6.21 Å². The molecule has 1 aromatic heterocycles. The second-order valence-electron chi connectivity index (χ2n) is 3.10. The minimum Gasteiger partial charge on any atom is -0.624 e. The van der Waals surface area contributed by atoms with Crippen LogP contribution in [0.25, 0.3) is 10.9 Å². The summed E-state index contributed by atoms with van der Waals surface area (Å²) in [6, 6.07) is 11.6. The molecule has 70 valence electrons. The summed E-state index contributed by atoms with van der Waals surface area (Å²) in [5, 5.41) is 11.9. The van der Waals surface area contributed by atoms with Gasteiger partial charge in [-0.15, -0.1) is 0 Å². The first-order valence-corrected chi connectivity index (χ1v) is 4.36. The molecule has 0 unspecified atom stereocenters. The third-order valence-corrected chi connectivity index (χ3v) is 1.93. The van der Waals surface area contributed by atoms with Crippen molar-refractivity contribution >= 4 is 17.1 Å². The van der Waals surface area contributed by atoms with Gasteiger partial charge in [0.05, 0.1) is 5.52 Å². The topological polar surface area (TPSA) is 39.0 Å². The fourth-order valence-corrected chi connectivity index (χ4v) is 1.34. The number of fused-ring (bicyclic) bond motifs is 1. The zero-order valence-corrected chi connectivity index (χ0v) is 7.84.